The van der Waals surface area contributed by atoms with Crippen molar-refractivity contribution in [3.63, 3.8) is 0 Å². The number of carbonyl (C=O) groups excluding carboxylic acids is 2. The number of pyridine rings is 1. The molecule has 0 aliphatic heterocycles. The smallest absolute Gasteiger partial charge is 0.279 e. The number of fused-ring (bicyclic) bond motifs is 1. The van der Waals surface area contributed by atoms with Crippen LogP contribution in [-0.2, 0) is 11.8 Å². The number of aryl methyl sites for hydroxylation is 2. The fourth-order valence-corrected chi connectivity index (χ4v) is 4.19. The zero-order chi connectivity index (χ0) is 24.2. The van der Waals surface area contributed by atoms with Gasteiger partial charge in [-0.05, 0) is 62.5 Å². The van der Waals surface area contributed by atoms with Gasteiger partial charge in [0.2, 0.25) is 0 Å². The third kappa shape index (κ3) is 4.86. The minimum Gasteiger partial charge on any atom is -0.494 e. The molecule has 3 aromatic heterocycles. The molecule has 2 amide bonds. The molecule has 0 aliphatic rings. The Morgan fingerprint density at radius 2 is 1.88 bits per heavy atom. The largest absolute Gasteiger partial charge is 0.494 e. The maximum Gasteiger partial charge on any atom is 0.279 e. The Morgan fingerprint density at radius 3 is 2.56 bits per heavy atom. The third-order valence-corrected chi connectivity index (χ3v) is 6.00. The van der Waals surface area contributed by atoms with E-state index in [1.54, 1.807) is 49.0 Å². The van der Waals surface area contributed by atoms with Crippen molar-refractivity contribution in [1.82, 2.24) is 25.6 Å². The number of hydrogen-bond acceptors (Lipinski definition) is 7. The molecule has 3 heterocycles. The molecule has 10 heteroatoms. The van der Waals surface area contributed by atoms with Crippen LogP contribution in [0, 0.1) is 6.92 Å². The molecule has 0 saturated carbocycles. The highest BCUT2D eigenvalue weighted by Gasteiger charge is 2.21. The van der Waals surface area contributed by atoms with E-state index >= 15 is 0 Å². The second-order valence-electron chi connectivity index (χ2n) is 7.55. The van der Waals surface area contributed by atoms with Crippen molar-refractivity contribution in [2.75, 3.05) is 6.61 Å². The summed E-state index contributed by atoms with van der Waals surface area (Å²) >= 11 is 1.53. The van der Waals surface area contributed by atoms with Gasteiger partial charge >= 0.3 is 0 Å². The number of rotatable bonds is 7. The van der Waals surface area contributed by atoms with Crippen LogP contribution in [0.15, 0.2) is 47.8 Å². The number of carbonyl (C=O) groups is 2. The molecule has 4 aromatic rings. The highest BCUT2D eigenvalue weighted by molar-refractivity contribution is 7.13. The van der Waals surface area contributed by atoms with Gasteiger partial charge in [-0.2, -0.15) is 5.10 Å². The zero-order valence-electron chi connectivity index (χ0n) is 19.3. The second-order valence-corrected chi connectivity index (χ2v) is 8.50. The quantitative estimate of drug-likeness (QED) is 0.392. The Labute approximate surface area is 200 Å². The van der Waals surface area contributed by atoms with E-state index in [0.29, 0.717) is 40.3 Å². The first-order valence-corrected chi connectivity index (χ1v) is 11.6. The van der Waals surface area contributed by atoms with E-state index in [2.05, 4.69) is 20.9 Å². The molecule has 0 saturated heterocycles. The minimum absolute atomic E-state index is 0.374. The molecule has 34 heavy (non-hydrogen) atoms. The number of aromatic nitrogens is 3. The number of nitrogens with zero attached hydrogens (tertiary/aromatic N) is 3. The van der Waals surface area contributed by atoms with Crippen molar-refractivity contribution >= 4 is 34.2 Å². The van der Waals surface area contributed by atoms with Crippen LogP contribution in [-0.4, -0.2) is 39.3 Å². The summed E-state index contributed by atoms with van der Waals surface area (Å²) in [4.78, 5) is 31.2. The standard InChI is InChI=1S/C24H25N5O4S/c1-5-32-16-8-10-17(11-9-16)33-15(3)23(30)26-27-24(31)18-13-19(20-7-6-12-34-20)25-22-21(18)14(2)28-29(22)4/h6-13,15H,5H2,1-4H3,(H,26,30)(H,27,31). The average molecular weight is 480 g/mol. The molecule has 0 aliphatic carbocycles. The van der Waals surface area contributed by atoms with Gasteiger partial charge in [0.15, 0.2) is 11.8 Å². The lowest BCUT2D eigenvalue weighted by atomic mass is 10.1. The molecule has 2 N–H and O–H groups in total. The summed E-state index contributed by atoms with van der Waals surface area (Å²) < 4.78 is 12.7. The molecule has 1 unspecified atom stereocenters. The molecule has 0 fully saturated rings. The van der Waals surface area contributed by atoms with Crippen LogP contribution in [0.4, 0.5) is 0 Å². The van der Waals surface area contributed by atoms with Crippen molar-refractivity contribution in [3.05, 3.63) is 59.1 Å². The predicted molar refractivity (Wildman–Crippen MR) is 130 cm³/mol. The van der Waals surface area contributed by atoms with Gasteiger partial charge in [-0.15, -0.1) is 11.3 Å². The molecule has 0 radical (unpaired) electrons. The molecule has 1 atom stereocenters. The third-order valence-electron chi connectivity index (χ3n) is 5.10. The van der Waals surface area contributed by atoms with Gasteiger partial charge in [0.05, 0.1) is 33.8 Å². The van der Waals surface area contributed by atoms with Crippen LogP contribution < -0.4 is 20.3 Å². The topological polar surface area (TPSA) is 107 Å². The number of amides is 2. The summed E-state index contributed by atoms with van der Waals surface area (Å²) in [5, 5.41) is 6.98. The first-order valence-electron chi connectivity index (χ1n) is 10.7. The van der Waals surface area contributed by atoms with E-state index in [9.17, 15) is 9.59 Å². The van der Waals surface area contributed by atoms with E-state index < -0.39 is 17.9 Å². The minimum atomic E-state index is -0.836. The first kappa shape index (κ1) is 23.2. The summed E-state index contributed by atoms with van der Waals surface area (Å²) in [6.07, 6.45) is -0.836. The number of hydrazine groups is 1. The van der Waals surface area contributed by atoms with E-state index in [0.717, 1.165) is 10.6 Å². The SMILES string of the molecule is CCOc1ccc(OC(C)C(=O)NNC(=O)c2cc(-c3cccs3)nc3c2c(C)nn3C)cc1. The lowest BCUT2D eigenvalue weighted by Gasteiger charge is -2.16. The Morgan fingerprint density at radius 1 is 1.15 bits per heavy atom. The number of nitrogens with one attached hydrogen (secondary N) is 2. The van der Waals surface area contributed by atoms with Crippen molar-refractivity contribution in [3.8, 4) is 22.1 Å². The lowest BCUT2D eigenvalue weighted by molar-refractivity contribution is -0.128. The summed E-state index contributed by atoms with van der Waals surface area (Å²) in [6.45, 7) is 5.89. The molecule has 176 valence electrons. The van der Waals surface area contributed by atoms with Crippen molar-refractivity contribution < 1.29 is 19.1 Å². The maximum absolute atomic E-state index is 13.1. The van der Waals surface area contributed by atoms with Gasteiger partial charge in [0.1, 0.15) is 11.5 Å². The first-order chi connectivity index (χ1) is 16.4. The van der Waals surface area contributed by atoms with Crippen molar-refractivity contribution in [1.29, 1.82) is 0 Å². The number of thiophene rings is 1. The normalized spacial score (nSPS) is 11.8. The Hall–Kier alpha value is -3.92. The Balaban J connectivity index is 1.48. The van der Waals surface area contributed by atoms with Crippen LogP contribution in [0.25, 0.3) is 21.6 Å². The predicted octanol–water partition coefficient (Wildman–Crippen LogP) is 3.63. The molecular formula is C24H25N5O4S. The molecule has 0 spiro atoms. The summed E-state index contributed by atoms with van der Waals surface area (Å²) in [6, 6.07) is 12.5. The number of hydrogen-bond donors (Lipinski definition) is 2. The van der Waals surface area contributed by atoms with Gasteiger partial charge in [-0.1, -0.05) is 6.07 Å². The van der Waals surface area contributed by atoms with Crippen molar-refractivity contribution in [2.45, 2.75) is 26.9 Å². The van der Waals surface area contributed by atoms with Gasteiger partial charge in [0, 0.05) is 7.05 Å². The van der Waals surface area contributed by atoms with E-state index in [4.69, 9.17) is 9.47 Å². The molecular weight excluding hydrogens is 454 g/mol. The van der Waals surface area contributed by atoms with E-state index in [-0.39, 0.29) is 0 Å². The fourth-order valence-electron chi connectivity index (χ4n) is 3.50. The van der Waals surface area contributed by atoms with Gasteiger partial charge in [-0.3, -0.25) is 25.1 Å². The Kier molecular flexibility index (Phi) is 6.78. The molecule has 1 aromatic carbocycles. The number of benzene rings is 1. The summed E-state index contributed by atoms with van der Waals surface area (Å²) in [7, 11) is 1.78. The Bertz CT molecular complexity index is 1320. The zero-order valence-corrected chi connectivity index (χ0v) is 20.1. The molecule has 0 bridgehead atoms. The fraction of sp³-hybridized carbons (Fsp3) is 0.250. The van der Waals surface area contributed by atoms with Crippen LogP contribution in [0.5, 0.6) is 11.5 Å². The number of ether oxygens (including phenoxy) is 2. The molecule has 9 nitrogen and oxygen atoms in total. The summed E-state index contributed by atoms with van der Waals surface area (Å²) in [5.41, 5.74) is 7.24. The van der Waals surface area contributed by atoms with Crippen LogP contribution in [0.1, 0.15) is 29.9 Å². The highest BCUT2D eigenvalue weighted by Crippen LogP contribution is 2.29. The van der Waals surface area contributed by atoms with Crippen LogP contribution >= 0.6 is 11.3 Å². The summed E-state index contributed by atoms with van der Waals surface area (Å²) in [5.74, 6) is 0.271. The highest BCUT2D eigenvalue weighted by atomic mass is 32.1. The van der Waals surface area contributed by atoms with E-state index in [1.165, 1.54) is 11.3 Å². The monoisotopic (exact) mass is 479 g/mol. The van der Waals surface area contributed by atoms with Gasteiger partial charge < -0.3 is 9.47 Å². The van der Waals surface area contributed by atoms with E-state index in [1.807, 2.05) is 31.4 Å². The molecule has 4 rings (SSSR count). The average Bonchev–Trinajstić information content (AvgIpc) is 3.46. The lowest BCUT2D eigenvalue weighted by Crippen LogP contribution is -2.47. The second kappa shape index (κ2) is 9.92. The van der Waals surface area contributed by atoms with Crippen LogP contribution in [0.2, 0.25) is 0 Å². The van der Waals surface area contributed by atoms with Gasteiger partial charge in [0.25, 0.3) is 11.8 Å². The maximum atomic E-state index is 13.1. The van der Waals surface area contributed by atoms with Crippen molar-refractivity contribution in [2.24, 2.45) is 7.05 Å². The van der Waals surface area contributed by atoms with Crippen LogP contribution in [0.3, 0.4) is 0 Å². The van der Waals surface area contributed by atoms with Gasteiger partial charge in [-0.25, -0.2) is 4.98 Å².